The van der Waals surface area contributed by atoms with E-state index in [4.69, 9.17) is 0 Å². The van der Waals surface area contributed by atoms with Crippen molar-refractivity contribution in [2.24, 2.45) is 7.05 Å². The number of rotatable bonds is 3. The summed E-state index contributed by atoms with van der Waals surface area (Å²) in [7, 11) is 1.85. The van der Waals surface area contributed by atoms with Crippen LogP contribution in [0.4, 0.5) is 0 Å². The van der Waals surface area contributed by atoms with Gasteiger partial charge in [0.2, 0.25) is 0 Å². The van der Waals surface area contributed by atoms with Crippen molar-refractivity contribution < 1.29 is 4.79 Å². The first-order chi connectivity index (χ1) is 15.5. The predicted octanol–water partition coefficient (Wildman–Crippen LogP) is 2.17. The van der Waals surface area contributed by atoms with Gasteiger partial charge in [0.1, 0.15) is 5.82 Å². The number of fused-ring (bicyclic) bond motifs is 1. The van der Waals surface area contributed by atoms with E-state index < -0.39 is 0 Å². The first-order valence-corrected chi connectivity index (χ1v) is 10.6. The normalized spacial score (nSPS) is 13.3. The van der Waals surface area contributed by atoms with Gasteiger partial charge in [-0.2, -0.15) is 5.10 Å². The second kappa shape index (κ2) is 9.13. The third kappa shape index (κ3) is 4.03. The first-order valence-electron chi connectivity index (χ1n) is 10.6. The van der Waals surface area contributed by atoms with E-state index in [0.29, 0.717) is 22.6 Å². The lowest BCUT2D eigenvalue weighted by atomic mass is 10.2. The molecule has 0 aromatic carbocycles. The fraction of sp³-hybridized carbons (Fsp3) is 0.364. The third-order valence-electron chi connectivity index (χ3n) is 5.61. The number of nitrogens with zero attached hydrogens (tertiary/aromatic N) is 7. The molecule has 1 N–H and O–H groups in total. The number of carbonyl (C=O) groups is 1. The van der Waals surface area contributed by atoms with Crippen molar-refractivity contribution >= 4 is 17.1 Å². The highest BCUT2D eigenvalue weighted by atomic mass is 16.2. The molecule has 5 heterocycles. The molecule has 10 nitrogen and oxygen atoms in total. The summed E-state index contributed by atoms with van der Waals surface area (Å²) in [5.74, 6) is 0.821. The van der Waals surface area contributed by atoms with Crippen LogP contribution in [-0.2, 0) is 13.6 Å². The molecule has 0 aliphatic carbocycles. The van der Waals surface area contributed by atoms with Crippen molar-refractivity contribution in [1.82, 2.24) is 39.2 Å². The Morgan fingerprint density at radius 3 is 2.62 bits per heavy atom. The highest BCUT2D eigenvalue weighted by Gasteiger charge is 2.19. The van der Waals surface area contributed by atoms with Gasteiger partial charge in [-0.15, -0.1) is 0 Å². The van der Waals surface area contributed by atoms with Gasteiger partial charge in [0.05, 0.1) is 23.7 Å². The van der Waals surface area contributed by atoms with E-state index in [1.807, 2.05) is 41.1 Å². The maximum atomic E-state index is 11.7. The molecule has 32 heavy (non-hydrogen) atoms. The Labute approximate surface area is 184 Å². The Kier molecular flexibility index (Phi) is 6.11. The number of hydrogen-bond acceptors (Lipinski definition) is 6. The van der Waals surface area contributed by atoms with Crippen molar-refractivity contribution in [2.45, 2.75) is 33.2 Å². The van der Waals surface area contributed by atoms with Gasteiger partial charge in [-0.25, -0.2) is 9.97 Å². The van der Waals surface area contributed by atoms with Gasteiger partial charge in [-0.1, -0.05) is 0 Å². The number of likely N-dealkylation sites (tertiary alicyclic amines) is 1. The topological polar surface area (TPSA) is 115 Å². The average molecular weight is 435 g/mol. The van der Waals surface area contributed by atoms with Crippen LogP contribution in [0.2, 0.25) is 0 Å². The number of aromatic amines is 1. The molecule has 4 aromatic rings. The molecule has 4 aromatic heterocycles. The standard InChI is InChI=1S/C12H14N6O.C10H12N2O/c1-4-18-7(2)8(5-15-18)10-16-9-11(17(10)3)13-6-14-12(9)19;13-10(12-6-1-2-7-12)9-4-3-5-11-8-9/h5-6H,4H2,1-3H3,(H,13,14,19);3-5,8H,1-2,6-7H2. The number of amides is 1. The summed E-state index contributed by atoms with van der Waals surface area (Å²) in [6, 6.07) is 3.61. The van der Waals surface area contributed by atoms with E-state index >= 15 is 0 Å². The van der Waals surface area contributed by atoms with Crippen molar-refractivity contribution in [3.8, 4) is 11.4 Å². The molecule has 5 rings (SSSR count). The van der Waals surface area contributed by atoms with E-state index in [9.17, 15) is 9.59 Å². The first kappa shape index (κ1) is 21.4. The summed E-state index contributed by atoms with van der Waals surface area (Å²) in [4.78, 5) is 40.4. The molecule has 1 aliphatic rings. The van der Waals surface area contributed by atoms with Gasteiger partial charge < -0.3 is 14.5 Å². The minimum atomic E-state index is -0.229. The van der Waals surface area contributed by atoms with Crippen molar-refractivity contribution in [2.75, 3.05) is 13.1 Å². The molecule has 0 bridgehead atoms. The van der Waals surface area contributed by atoms with Crippen LogP contribution < -0.4 is 5.56 Å². The second-order valence-electron chi connectivity index (χ2n) is 7.60. The van der Waals surface area contributed by atoms with E-state index in [1.165, 1.54) is 6.33 Å². The van der Waals surface area contributed by atoms with E-state index in [2.05, 4.69) is 25.0 Å². The molecule has 1 fully saturated rings. The van der Waals surface area contributed by atoms with Gasteiger partial charge in [-0.05, 0) is 38.8 Å². The molecule has 10 heteroatoms. The second-order valence-corrected chi connectivity index (χ2v) is 7.60. The van der Waals surface area contributed by atoms with Gasteiger partial charge in [0.25, 0.3) is 11.5 Å². The van der Waals surface area contributed by atoms with Crippen LogP contribution in [0, 0.1) is 6.92 Å². The lowest BCUT2D eigenvalue weighted by Crippen LogP contribution is -2.27. The van der Waals surface area contributed by atoms with Crippen molar-refractivity contribution in [3.63, 3.8) is 0 Å². The molecular formula is C22H26N8O2. The molecule has 1 aliphatic heterocycles. The zero-order valence-electron chi connectivity index (χ0n) is 18.4. The van der Waals surface area contributed by atoms with Crippen LogP contribution in [-0.4, -0.2) is 58.2 Å². The van der Waals surface area contributed by atoms with Crippen LogP contribution in [0.5, 0.6) is 0 Å². The Hall–Kier alpha value is -3.82. The molecule has 1 amide bonds. The van der Waals surface area contributed by atoms with Gasteiger partial charge >= 0.3 is 0 Å². The monoisotopic (exact) mass is 434 g/mol. The number of carbonyl (C=O) groups excluding carboxylic acids is 1. The summed E-state index contributed by atoms with van der Waals surface area (Å²) in [5.41, 5.74) is 3.34. The molecule has 0 spiro atoms. The summed E-state index contributed by atoms with van der Waals surface area (Å²) < 4.78 is 3.71. The highest BCUT2D eigenvalue weighted by molar-refractivity contribution is 5.94. The van der Waals surface area contributed by atoms with Crippen molar-refractivity contribution in [1.29, 1.82) is 0 Å². The molecule has 0 atom stereocenters. The lowest BCUT2D eigenvalue weighted by molar-refractivity contribution is 0.0792. The van der Waals surface area contributed by atoms with E-state index in [0.717, 1.165) is 43.7 Å². The number of hydrogen-bond donors (Lipinski definition) is 1. The largest absolute Gasteiger partial charge is 0.339 e. The maximum Gasteiger partial charge on any atom is 0.278 e. The third-order valence-corrected chi connectivity index (χ3v) is 5.61. The number of pyridine rings is 1. The molecular weight excluding hydrogens is 408 g/mol. The number of imidazole rings is 1. The smallest absolute Gasteiger partial charge is 0.278 e. The Bertz CT molecular complexity index is 1280. The maximum absolute atomic E-state index is 11.7. The average Bonchev–Trinajstić information content (AvgIpc) is 3.55. The van der Waals surface area contributed by atoms with Gasteiger partial charge in [0.15, 0.2) is 11.2 Å². The van der Waals surface area contributed by atoms with Crippen LogP contribution in [0.1, 0.15) is 35.8 Å². The minimum absolute atomic E-state index is 0.116. The number of nitrogens with one attached hydrogen (secondary N) is 1. The number of aryl methyl sites for hydroxylation is 2. The zero-order chi connectivity index (χ0) is 22.7. The van der Waals surface area contributed by atoms with E-state index in [1.54, 1.807) is 24.7 Å². The van der Waals surface area contributed by atoms with Crippen LogP contribution in [0.25, 0.3) is 22.6 Å². The van der Waals surface area contributed by atoms with E-state index in [-0.39, 0.29) is 11.5 Å². The molecule has 0 radical (unpaired) electrons. The zero-order valence-corrected chi connectivity index (χ0v) is 18.4. The molecule has 1 saturated heterocycles. The lowest BCUT2D eigenvalue weighted by Gasteiger charge is -2.14. The quantitative estimate of drug-likeness (QED) is 0.528. The summed E-state index contributed by atoms with van der Waals surface area (Å²) in [5, 5.41) is 4.30. The summed E-state index contributed by atoms with van der Waals surface area (Å²) >= 11 is 0. The Balaban J connectivity index is 0.000000165. The van der Waals surface area contributed by atoms with Crippen LogP contribution >= 0.6 is 0 Å². The molecule has 166 valence electrons. The number of aromatic nitrogens is 7. The predicted molar refractivity (Wildman–Crippen MR) is 120 cm³/mol. The Morgan fingerprint density at radius 2 is 2.00 bits per heavy atom. The minimum Gasteiger partial charge on any atom is -0.339 e. The van der Waals surface area contributed by atoms with Gasteiger partial charge in [-0.3, -0.25) is 19.3 Å². The molecule has 0 unspecified atom stereocenters. The fourth-order valence-electron chi connectivity index (χ4n) is 3.83. The summed E-state index contributed by atoms with van der Waals surface area (Å²) in [6.07, 6.45) is 8.73. The number of H-pyrrole nitrogens is 1. The van der Waals surface area contributed by atoms with Gasteiger partial charge in [0, 0.05) is 44.8 Å². The van der Waals surface area contributed by atoms with Crippen LogP contribution in [0.15, 0.2) is 41.8 Å². The fourth-order valence-corrected chi connectivity index (χ4v) is 3.83. The Morgan fingerprint density at radius 1 is 1.22 bits per heavy atom. The highest BCUT2D eigenvalue weighted by Crippen LogP contribution is 2.23. The summed E-state index contributed by atoms with van der Waals surface area (Å²) in [6.45, 7) is 6.61. The SMILES string of the molecule is CCn1ncc(-c2nc3c(=O)[nH]cnc3n2C)c1C.O=C(c1cccnc1)N1CCCC1. The van der Waals surface area contributed by atoms with Crippen LogP contribution in [0.3, 0.4) is 0 Å². The van der Waals surface area contributed by atoms with Crippen molar-refractivity contribution in [3.05, 3.63) is 58.7 Å². The molecule has 0 saturated carbocycles.